The summed E-state index contributed by atoms with van der Waals surface area (Å²) in [7, 11) is 0. The van der Waals surface area contributed by atoms with Gasteiger partial charge in [-0.25, -0.2) is 0 Å². The second-order valence-corrected chi connectivity index (χ2v) is 8.10. The monoisotopic (exact) mass is 286 g/mol. The molecule has 0 aromatic heterocycles. The van der Waals surface area contributed by atoms with Crippen LogP contribution in [0.25, 0.3) is 0 Å². The van der Waals surface area contributed by atoms with Gasteiger partial charge in [0.2, 0.25) is 0 Å². The Balaban J connectivity index is 1.70. The summed E-state index contributed by atoms with van der Waals surface area (Å²) >= 11 is 0. The van der Waals surface area contributed by atoms with Gasteiger partial charge in [-0.15, -0.1) is 0 Å². The van der Waals surface area contributed by atoms with Gasteiger partial charge in [-0.1, -0.05) is 24.6 Å². The van der Waals surface area contributed by atoms with Crippen molar-refractivity contribution in [1.82, 2.24) is 0 Å². The van der Waals surface area contributed by atoms with Gasteiger partial charge in [0.15, 0.2) is 5.78 Å². The average molecular weight is 286 g/mol. The molecule has 1 N–H and O–H groups in total. The first kappa shape index (κ1) is 13.8. The van der Waals surface area contributed by atoms with E-state index in [0.29, 0.717) is 29.5 Å². The van der Waals surface area contributed by atoms with Crippen molar-refractivity contribution in [3.8, 4) is 0 Å². The first-order valence-electron chi connectivity index (χ1n) is 8.60. The van der Waals surface area contributed by atoms with Crippen molar-refractivity contribution < 1.29 is 9.90 Å². The van der Waals surface area contributed by atoms with Crippen LogP contribution in [0.2, 0.25) is 0 Å². The standard InChI is InChI=1S/C19H26O2/c1-11-9-12-10-13(20)3-4-14(12)15-7-8-19(2)16(18(11)15)5-6-17(19)21/h10,14-18,21H,1,3-9H2,2H3/t14-,15+,16-,17-,18+,19-/m0/s1. The Morgan fingerprint density at radius 2 is 2.10 bits per heavy atom. The fourth-order valence-corrected chi connectivity index (χ4v) is 6.10. The Hall–Kier alpha value is -0.890. The number of aliphatic hydroxyl groups is 1. The van der Waals surface area contributed by atoms with Crippen molar-refractivity contribution in [2.45, 2.75) is 58.0 Å². The summed E-state index contributed by atoms with van der Waals surface area (Å²) < 4.78 is 0. The zero-order valence-electron chi connectivity index (χ0n) is 13.0. The average Bonchev–Trinajstić information content (AvgIpc) is 2.74. The smallest absolute Gasteiger partial charge is 0.155 e. The van der Waals surface area contributed by atoms with Gasteiger partial charge in [0, 0.05) is 6.42 Å². The van der Waals surface area contributed by atoms with E-state index in [0.717, 1.165) is 38.5 Å². The highest BCUT2D eigenvalue weighted by Gasteiger charge is 2.56. The summed E-state index contributed by atoms with van der Waals surface area (Å²) in [6.45, 7) is 6.70. The van der Waals surface area contributed by atoms with Gasteiger partial charge in [0.05, 0.1) is 6.10 Å². The lowest BCUT2D eigenvalue weighted by Crippen LogP contribution is -2.48. The van der Waals surface area contributed by atoms with E-state index in [1.165, 1.54) is 17.6 Å². The summed E-state index contributed by atoms with van der Waals surface area (Å²) in [5.74, 6) is 2.79. The number of ketones is 1. The number of allylic oxidation sites excluding steroid dienone is 2. The van der Waals surface area contributed by atoms with Crippen LogP contribution in [0.3, 0.4) is 0 Å². The van der Waals surface area contributed by atoms with Crippen molar-refractivity contribution in [1.29, 1.82) is 0 Å². The minimum absolute atomic E-state index is 0.107. The Morgan fingerprint density at radius 3 is 2.90 bits per heavy atom. The van der Waals surface area contributed by atoms with Gasteiger partial charge in [-0.05, 0) is 73.7 Å². The maximum atomic E-state index is 11.7. The third kappa shape index (κ3) is 1.84. The van der Waals surface area contributed by atoms with E-state index in [1.807, 2.05) is 6.08 Å². The molecule has 0 saturated heterocycles. The Bertz CT molecular complexity index is 532. The first-order valence-corrected chi connectivity index (χ1v) is 8.60. The molecule has 0 unspecified atom stereocenters. The molecule has 0 radical (unpaired) electrons. The van der Waals surface area contributed by atoms with E-state index in [2.05, 4.69) is 13.5 Å². The summed E-state index contributed by atoms with van der Waals surface area (Å²) in [4.78, 5) is 11.7. The fraction of sp³-hybridized carbons (Fsp3) is 0.737. The van der Waals surface area contributed by atoms with Gasteiger partial charge in [0.1, 0.15) is 0 Å². The second-order valence-electron chi connectivity index (χ2n) is 8.10. The molecule has 21 heavy (non-hydrogen) atoms. The molecule has 0 spiro atoms. The molecule has 3 saturated carbocycles. The third-order valence-electron chi connectivity index (χ3n) is 7.21. The lowest BCUT2D eigenvalue weighted by molar-refractivity contribution is -0.115. The molecule has 6 atom stereocenters. The predicted octanol–water partition coefficient (Wildman–Crippen LogP) is 3.66. The van der Waals surface area contributed by atoms with E-state index in [4.69, 9.17) is 0 Å². The molecule has 0 aliphatic heterocycles. The largest absolute Gasteiger partial charge is 0.393 e. The number of fused-ring (bicyclic) bond motifs is 5. The van der Waals surface area contributed by atoms with Crippen LogP contribution in [-0.2, 0) is 4.79 Å². The van der Waals surface area contributed by atoms with Gasteiger partial charge >= 0.3 is 0 Å². The van der Waals surface area contributed by atoms with Crippen molar-refractivity contribution in [2.24, 2.45) is 29.1 Å². The Morgan fingerprint density at radius 1 is 1.29 bits per heavy atom. The summed E-state index contributed by atoms with van der Waals surface area (Å²) in [6.07, 6.45) is 8.97. The summed E-state index contributed by atoms with van der Waals surface area (Å²) in [5, 5.41) is 10.4. The van der Waals surface area contributed by atoms with Gasteiger partial charge in [-0.3, -0.25) is 4.79 Å². The minimum atomic E-state index is -0.124. The minimum Gasteiger partial charge on any atom is -0.393 e. The zero-order valence-corrected chi connectivity index (χ0v) is 13.0. The molecule has 0 amide bonds. The number of carbonyl (C=O) groups excluding carboxylic acids is 1. The van der Waals surface area contributed by atoms with Crippen LogP contribution >= 0.6 is 0 Å². The van der Waals surface area contributed by atoms with E-state index >= 15 is 0 Å². The molecule has 0 heterocycles. The quantitative estimate of drug-likeness (QED) is 0.690. The number of aliphatic hydroxyl groups excluding tert-OH is 1. The summed E-state index contributed by atoms with van der Waals surface area (Å²) in [6, 6.07) is 0. The van der Waals surface area contributed by atoms with E-state index in [-0.39, 0.29) is 11.5 Å². The maximum Gasteiger partial charge on any atom is 0.155 e. The molecule has 0 bridgehead atoms. The predicted molar refractivity (Wildman–Crippen MR) is 82.6 cm³/mol. The topological polar surface area (TPSA) is 37.3 Å². The highest BCUT2D eigenvalue weighted by molar-refractivity contribution is 5.91. The molecule has 114 valence electrons. The lowest BCUT2D eigenvalue weighted by atomic mass is 9.51. The van der Waals surface area contributed by atoms with Gasteiger partial charge in [-0.2, -0.15) is 0 Å². The molecule has 0 aromatic rings. The fourth-order valence-electron chi connectivity index (χ4n) is 6.10. The number of carbonyl (C=O) groups is 1. The SMILES string of the molecule is C=C1CC2=CC(=O)CC[C@@H]2[C@H]2CC[C@]3(C)[C@@H](O)CC[C@H]3[C@H]12. The van der Waals surface area contributed by atoms with Gasteiger partial charge < -0.3 is 5.11 Å². The highest BCUT2D eigenvalue weighted by atomic mass is 16.3. The Labute approximate surface area is 127 Å². The number of hydrogen-bond acceptors (Lipinski definition) is 2. The van der Waals surface area contributed by atoms with Crippen molar-refractivity contribution >= 4 is 5.78 Å². The van der Waals surface area contributed by atoms with Crippen molar-refractivity contribution in [2.75, 3.05) is 0 Å². The van der Waals surface area contributed by atoms with E-state index in [9.17, 15) is 9.90 Å². The number of rotatable bonds is 0. The lowest BCUT2D eigenvalue weighted by Gasteiger charge is -2.54. The van der Waals surface area contributed by atoms with Crippen LogP contribution in [0.4, 0.5) is 0 Å². The molecule has 4 aliphatic rings. The second kappa shape index (κ2) is 4.55. The molecule has 4 rings (SSSR count). The zero-order chi connectivity index (χ0) is 14.8. The molecule has 3 fully saturated rings. The molecule has 0 aromatic carbocycles. The summed E-state index contributed by atoms with van der Waals surface area (Å²) in [5.41, 5.74) is 2.80. The molecular formula is C19H26O2. The van der Waals surface area contributed by atoms with Crippen LogP contribution < -0.4 is 0 Å². The van der Waals surface area contributed by atoms with E-state index in [1.54, 1.807) is 0 Å². The first-order chi connectivity index (χ1) is 10.0. The maximum absolute atomic E-state index is 11.7. The normalized spacial score (nSPS) is 49.2. The van der Waals surface area contributed by atoms with E-state index < -0.39 is 0 Å². The van der Waals surface area contributed by atoms with Crippen LogP contribution in [0.15, 0.2) is 23.8 Å². The van der Waals surface area contributed by atoms with Crippen LogP contribution in [0.5, 0.6) is 0 Å². The van der Waals surface area contributed by atoms with Crippen LogP contribution in [-0.4, -0.2) is 17.0 Å². The van der Waals surface area contributed by atoms with Gasteiger partial charge in [0.25, 0.3) is 0 Å². The number of hydrogen-bond donors (Lipinski definition) is 1. The highest BCUT2D eigenvalue weighted by Crippen LogP contribution is 2.62. The van der Waals surface area contributed by atoms with Crippen LogP contribution in [0, 0.1) is 29.1 Å². The Kier molecular flexibility index (Phi) is 2.98. The molecule has 2 heteroatoms. The van der Waals surface area contributed by atoms with Crippen molar-refractivity contribution in [3.63, 3.8) is 0 Å². The molecular weight excluding hydrogens is 260 g/mol. The van der Waals surface area contributed by atoms with Crippen LogP contribution in [0.1, 0.15) is 51.9 Å². The molecule has 2 nitrogen and oxygen atoms in total. The van der Waals surface area contributed by atoms with Crippen molar-refractivity contribution in [3.05, 3.63) is 23.8 Å². The molecule has 4 aliphatic carbocycles. The third-order valence-corrected chi connectivity index (χ3v) is 7.21.